The van der Waals surface area contributed by atoms with Gasteiger partial charge in [-0.3, -0.25) is 4.98 Å². The molecule has 1 rings (SSSR count). The summed E-state index contributed by atoms with van der Waals surface area (Å²) in [6.45, 7) is 0.350. The van der Waals surface area contributed by atoms with Gasteiger partial charge in [-0.1, -0.05) is 11.6 Å². The second-order valence-electron chi connectivity index (χ2n) is 1.89. The summed E-state index contributed by atoms with van der Waals surface area (Å²) in [4.78, 5) is 3.91. The number of anilines is 1. The molecule has 0 fully saturated rings. The average Bonchev–Trinajstić information content (AvgIpc) is 1.88. The molecule has 0 spiro atoms. The molecule has 62 valence electrons. The number of aromatic nitrogens is 1. The topological polar surface area (TPSA) is 64.9 Å². The van der Waals surface area contributed by atoms with Gasteiger partial charge in [0.15, 0.2) is 0 Å². The van der Waals surface area contributed by atoms with Crippen molar-refractivity contribution in [2.75, 3.05) is 5.73 Å². The van der Waals surface area contributed by atoms with Gasteiger partial charge < -0.3 is 11.5 Å². The van der Waals surface area contributed by atoms with Crippen LogP contribution in [0.4, 0.5) is 5.69 Å². The van der Waals surface area contributed by atoms with E-state index >= 15 is 0 Å². The van der Waals surface area contributed by atoms with Crippen LogP contribution in [0.1, 0.15) is 5.69 Å². The molecule has 0 unspecified atom stereocenters. The lowest BCUT2D eigenvalue weighted by atomic mass is 10.3. The molecular weight excluding hydrogens is 185 g/mol. The molecular formula is C6H9Cl2N3. The minimum atomic E-state index is 0. The van der Waals surface area contributed by atoms with Crippen molar-refractivity contribution in [2.24, 2.45) is 5.73 Å². The maximum atomic E-state index is 5.59. The molecule has 1 aromatic rings. The van der Waals surface area contributed by atoms with E-state index in [4.69, 9.17) is 23.1 Å². The van der Waals surface area contributed by atoms with Crippen LogP contribution in [0.25, 0.3) is 0 Å². The molecule has 4 N–H and O–H groups in total. The maximum Gasteiger partial charge on any atom is 0.0769 e. The van der Waals surface area contributed by atoms with Crippen LogP contribution >= 0.6 is 24.0 Å². The predicted octanol–water partition coefficient (Wildman–Crippen LogP) is 1.20. The average molecular weight is 194 g/mol. The highest BCUT2D eigenvalue weighted by Crippen LogP contribution is 2.13. The molecule has 0 bridgehead atoms. The highest BCUT2D eigenvalue weighted by atomic mass is 35.5. The van der Waals surface area contributed by atoms with Gasteiger partial charge in [-0.2, -0.15) is 0 Å². The molecule has 1 heterocycles. The zero-order valence-corrected chi connectivity index (χ0v) is 7.32. The Balaban J connectivity index is 0.000001000. The lowest BCUT2D eigenvalue weighted by Crippen LogP contribution is -2.03. The van der Waals surface area contributed by atoms with E-state index < -0.39 is 0 Å². The fraction of sp³-hybridized carbons (Fsp3) is 0.167. The number of rotatable bonds is 1. The molecule has 11 heavy (non-hydrogen) atoms. The van der Waals surface area contributed by atoms with E-state index in [1.165, 1.54) is 6.20 Å². The van der Waals surface area contributed by atoms with Gasteiger partial charge in [-0.25, -0.2) is 0 Å². The van der Waals surface area contributed by atoms with Crippen LogP contribution in [-0.4, -0.2) is 4.98 Å². The zero-order valence-electron chi connectivity index (χ0n) is 5.75. The highest BCUT2D eigenvalue weighted by Gasteiger charge is 1.97. The SMILES string of the molecule is Cl.NCc1ncc(Cl)cc1N. The lowest BCUT2D eigenvalue weighted by Gasteiger charge is -1.99. The van der Waals surface area contributed by atoms with Crippen LogP contribution in [0.15, 0.2) is 12.3 Å². The first-order valence-electron chi connectivity index (χ1n) is 2.84. The number of nitrogens with two attached hydrogens (primary N) is 2. The third-order valence-corrected chi connectivity index (χ3v) is 1.37. The minimum Gasteiger partial charge on any atom is -0.397 e. The molecule has 0 aromatic carbocycles. The monoisotopic (exact) mass is 193 g/mol. The third kappa shape index (κ3) is 2.54. The van der Waals surface area contributed by atoms with Gasteiger partial charge in [0.1, 0.15) is 0 Å². The maximum absolute atomic E-state index is 5.59. The third-order valence-electron chi connectivity index (χ3n) is 1.16. The van der Waals surface area contributed by atoms with E-state index in [2.05, 4.69) is 4.98 Å². The normalized spacial score (nSPS) is 8.91. The van der Waals surface area contributed by atoms with Crippen molar-refractivity contribution in [3.05, 3.63) is 23.0 Å². The molecule has 5 heteroatoms. The summed E-state index contributed by atoms with van der Waals surface area (Å²) >= 11 is 5.59. The van der Waals surface area contributed by atoms with Crippen LogP contribution in [0.3, 0.4) is 0 Å². The fourth-order valence-corrected chi connectivity index (χ4v) is 0.820. The van der Waals surface area contributed by atoms with Crippen LogP contribution in [-0.2, 0) is 6.54 Å². The second kappa shape index (κ2) is 4.38. The number of halogens is 2. The van der Waals surface area contributed by atoms with E-state index in [9.17, 15) is 0 Å². The van der Waals surface area contributed by atoms with Gasteiger partial charge in [-0.05, 0) is 6.07 Å². The molecule has 0 saturated heterocycles. The lowest BCUT2D eigenvalue weighted by molar-refractivity contribution is 0.996. The number of pyridine rings is 1. The van der Waals surface area contributed by atoms with Gasteiger partial charge in [0.25, 0.3) is 0 Å². The van der Waals surface area contributed by atoms with E-state index in [0.29, 0.717) is 22.9 Å². The second-order valence-corrected chi connectivity index (χ2v) is 2.33. The zero-order chi connectivity index (χ0) is 7.56. The predicted molar refractivity (Wildman–Crippen MR) is 48.8 cm³/mol. The molecule has 1 aromatic heterocycles. The molecule has 0 aliphatic heterocycles. The van der Waals surface area contributed by atoms with Gasteiger partial charge >= 0.3 is 0 Å². The molecule has 0 aliphatic carbocycles. The largest absolute Gasteiger partial charge is 0.397 e. The van der Waals surface area contributed by atoms with Gasteiger partial charge in [0.05, 0.1) is 16.4 Å². The van der Waals surface area contributed by atoms with Crippen molar-refractivity contribution in [1.82, 2.24) is 4.98 Å². The highest BCUT2D eigenvalue weighted by molar-refractivity contribution is 6.30. The van der Waals surface area contributed by atoms with Crippen molar-refractivity contribution < 1.29 is 0 Å². The Bertz CT molecular complexity index is 239. The van der Waals surface area contributed by atoms with E-state index in [-0.39, 0.29) is 12.4 Å². The molecule has 3 nitrogen and oxygen atoms in total. The van der Waals surface area contributed by atoms with Crippen LogP contribution < -0.4 is 11.5 Å². The van der Waals surface area contributed by atoms with Crippen molar-refractivity contribution in [1.29, 1.82) is 0 Å². The van der Waals surface area contributed by atoms with Gasteiger partial charge in [0, 0.05) is 12.7 Å². The first kappa shape index (κ1) is 10.5. The van der Waals surface area contributed by atoms with Crippen molar-refractivity contribution >= 4 is 29.7 Å². The van der Waals surface area contributed by atoms with Crippen molar-refractivity contribution in [3.8, 4) is 0 Å². The van der Waals surface area contributed by atoms with Crippen LogP contribution in [0.2, 0.25) is 5.02 Å². The van der Waals surface area contributed by atoms with E-state index in [0.717, 1.165) is 0 Å². The number of hydrogen-bond donors (Lipinski definition) is 2. The molecule has 0 atom stereocenters. The minimum absolute atomic E-state index is 0. The van der Waals surface area contributed by atoms with Crippen LogP contribution in [0.5, 0.6) is 0 Å². The van der Waals surface area contributed by atoms with Gasteiger partial charge in [-0.15, -0.1) is 12.4 Å². The Morgan fingerprint density at radius 3 is 2.64 bits per heavy atom. The molecule has 0 aliphatic rings. The van der Waals surface area contributed by atoms with E-state index in [1.54, 1.807) is 6.07 Å². The summed E-state index contributed by atoms with van der Waals surface area (Å²) in [5, 5.41) is 0.537. The van der Waals surface area contributed by atoms with E-state index in [1.807, 2.05) is 0 Å². The number of nitrogen functional groups attached to an aromatic ring is 1. The summed E-state index contributed by atoms with van der Waals surface area (Å²) in [6, 6.07) is 1.64. The fourth-order valence-electron chi connectivity index (χ4n) is 0.654. The molecule has 0 radical (unpaired) electrons. The summed E-state index contributed by atoms with van der Waals surface area (Å²) < 4.78 is 0. The number of nitrogens with zero attached hydrogens (tertiary/aromatic N) is 1. The Morgan fingerprint density at radius 1 is 1.55 bits per heavy atom. The first-order valence-corrected chi connectivity index (χ1v) is 3.22. The standard InChI is InChI=1S/C6H8ClN3.ClH/c7-4-1-5(9)6(2-8)10-3-4;/h1,3H,2,8-9H2;1H. The quantitative estimate of drug-likeness (QED) is 0.705. The smallest absolute Gasteiger partial charge is 0.0769 e. The van der Waals surface area contributed by atoms with Crippen molar-refractivity contribution in [2.45, 2.75) is 6.54 Å². The summed E-state index contributed by atoms with van der Waals surface area (Å²) in [5.41, 5.74) is 12.1. The molecule has 0 amide bonds. The summed E-state index contributed by atoms with van der Waals surface area (Å²) in [6.07, 6.45) is 1.53. The molecule has 0 saturated carbocycles. The Labute approximate surface area is 76.2 Å². The number of hydrogen-bond acceptors (Lipinski definition) is 3. The Kier molecular flexibility index (Phi) is 4.18. The summed E-state index contributed by atoms with van der Waals surface area (Å²) in [7, 11) is 0. The summed E-state index contributed by atoms with van der Waals surface area (Å²) in [5.74, 6) is 0. The first-order chi connectivity index (χ1) is 4.74. The van der Waals surface area contributed by atoms with Crippen molar-refractivity contribution in [3.63, 3.8) is 0 Å². The van der Waals surface area contributed by atoms with Crippen LogP contribution in [0, 0.1) is 0 Å². The Hall–Kier alpha value is -0.510. The Morgan fingerprint density at radius 2 is 2.18 bits per heavy atom. The van der Waals surface area contributed by atoms with Gasteiger partial charge in [0.2, 0.25) is 0 Å².